The van der Waals surface area contributed by atoms with Gasteiger partial charge >= 0.3 is 0 Å². The fraction of sp³-hybridized carbons (Fsp3) is 0.611. The first-order chi connectivity index (χ1) is 11.1. The maximum atomic E-state index is 13.2. The van der Waals surface area contributed by atoms with E-state index in [-0.39, 0.29) is 29.3 Å². The monoisotopic (exact) mass is 320 g/mol. The van der Waals surface area contributed by atoms with Crippen LogP contribution in [0.2, 0.25) is 0 Å². The van der Waals surface area contributed by atoms with Gasteiger partial charge in [-0.1, -0.05) is 25.0 Å². The van der Waals surface area contributed by atoms with Crippen LogP contribution in [0.25, 0.3) is 0 Å². The zero-order chi connectivity index (χ0) is 16.3. The molecule has 1 aliphatic carbocycles. The summed E-state index contributed by atoms with van der Waals surface area (Å²) in [7, 11) is 0. The molecule has 1 heterocycles. The molecule has 2 aliphatic rings. The summed E-state index contributed by atoms with van der Waals surface area (Å²) >= 11 is 0. The number of ether oxygens (including phenoxy) is 1. The predicted octanol–water partition coefficient (Wildman–Crippen LogP) is 2.26. The lowest BCUT2D eigenvalue weighted by Crippen LogP contribution is -2.43. The van der Waals surface area contributed by atoms with Crippen molar-refractivity contribution < 1.29 is 13.9 Å². The van der Waals surface area contributed by atoms with E-state index in [4.69, 9.17) is 10.5 Å². The minimum Gasteiger partial charge on any atom is -0.364 e. The number of benzene rings is 1. The number of hydrogen-bond acceptors (Lipinski definition) is 3. The molecule has 1 amide bonds. The van der Waals surface area contributed by atoms with Crippen molar-refractivity contribution in [3.8, 4) is 0 Å². The summed E-state index contributed by atoms with van der Waals surface area (Å²) in [5, 5.41) is 3.07. The van der Waals surface area contributed by atoms with Gasteiger partial charge in [-0.3, -0.25) is 4.79 Å². The van der Waals surface area contributed by atoms with Crippen molar-refractivity contribution in [2.45, 2.75) is 56.1 Å². The molecule has 4 nitrogen and oxygen atoms in total. The van der Waals surface area contributed by atoms with Crippen molar-refractivity contribution in [1.29, 1.82) is 0 Å². The molecule has 0 radical (unpaired) electrons. The van der Waals surface area contributed by atoms with Gasteiger partial charge in [0.25, 0.3) is 0 Å². The fourth-order valence-corrected chi connectivity index (χ4v) is 3.86. The van der Waals surface area contributed by atoms with Gasteiger partial charge in [0.15, 0.2) is 0 Å². The Hall–Kier alpha value is -1.46. The van der Waals surface area contributed by atoms with Crippen LogP contribution in [-0.4, -0.2) is 31.2 Å². The molecule has 0 unspecified atom stereocenters. The first-order valence-corrected chi connectivity index (χ1v) is 8.52. The van der Waals surface area contributed by atoms with Gasteiger partial charge < -0.3 is 15.8 Å². The van der Waals surface area contributed by atoms with Crippen molar-refractivity contribution >= 4 is 5.91 Å². The van der Waals surface area contributed by atoms with Crippen molar-refractivity contribution in [1.82, 2.24) is 5.32 Å². The number of rotatable bonds is 5. The van der Waals surface area contributed by atoms with Gasteiger partial charge in [-0.15, -0.1) is 0 Å². The average molecular weight is 320 g/mol. The number of amides is 1. The van der Waals surface area contributed by atoms with Gasteiger partial charge in [0.05, 0.1) is 6.10 Å². The normalized spacial score (nSPS) is 26.3. The minimum absolute atomic E-state index is 0.00305. The van der Waals surface area contributed by atoms with E-state index in [1.807, 2.05) is 12.1 Å². The Balaban J connectivity index is 1.64. The topological polar surface area (TPSA) is 64.4 Å². The summed E-state index contributed by atoms with van der Waals surface area (Å²) in [5.41, 5.74) is 6.63. The molecule has 3 N–H and O–H groups in total. The first kappa shape index (κ1) is 16.4. The van der Waals surface area contributed by atoms with E-state index in [0.717, 1.165) is 44.1 Å². The Bertz CT molecular complexity index is 540. The van der Waals surface area contributed by atoms with Crippen LogP contribution in [0.15, 0.2) is 24.3 Å². The predicted molar refractivity (Wildman–Crippen MR) is 86.5 cm³/mol. The van der Waals surface area contributed by atoms with Crippen LogP contribution in [0.1, 0.15) is 44.1 Å². The molecular weight excluding hydrogens is 295 g/mol. The van der Waals surface area contributed by atoms with E-state index in [2.05, 4.69) is 5.32 Å². The number of hydrogen-bond donors (Lipinski definition) is 2. The zero-order valence-corrected chi connectivity index (χ0v) is 13.4. The number of nitrogens with one attached hydrogen (secondary N) is 1. The maximum absolute atomic E-state index is 13.2. The van der Waals surface area contributed by atoms with Crippen LogP contribution in [0.5, 0.6) is 0 Å². The highest BCUT2D eigenvalue weighted by atomic mass is 19.1. The van der Waals surface area contributed by atoms with Crippen molar-refractivity contribution in [2.24, 2.45) is 5.73 Å². The van der Waals surface area contributed by atoms with Crippen LogP contribution in [0.3, 0.4) is 0 Å². The summed E-state index contributed by atoms with van der Waals surface area (Å²) in [6.07, 6.45) is 5.53. The lowest BCUT2D eigenvalue weighted by atomic mass is 9.78. The Morgan fingerprint density at radius 1 is 1.26 bits per heavy atom. The molecule has 3 rings (SSSR count). The molecule has 5 heteroatoms. The third kappa shape index (κ3) is 3.56. The van der Waals surface area contributed by atoms with Gasteiger partial charge in [0, 0.05) is 18.5 Å². The average Bonchev–Trinajstić information content (AvgIpc) is 3.23. The number of halogens is 1. The van der Waals surface area contributed by atoms with Gasteiger partial charge in [-0.25, -0.2) is 4.39 Å². The smallest absolute Gasteiger partial charge is 0.249 e. The van der Waals surface area contributed by atoms with Crippen LogP contribution < -0.4 is 11.1 Å². The van der Waals surface area contributed by atoms with Crippen LogP contribution in [0, 0.1) is 5.82 Å². The summed E-state index contributed by atoms with van der Waals surface area (Å²) in [6, 6.07) is 6.71. The van der Waals surface area contributed by atoms with Gasteiger partial charge in [0.2, 0.25) is 5.91 Å². The lowest BCUT2D eigenvalue weighted by Gasteiger charge is -2.30. The molecular formula is C18H25FN2O2. The highest BCUT2D eigenvalue weighted by molar-refractivity contribution is 5.81. The summed E-state index contributed by atoms with van der Waals surface area (Å²) < 4.78 is 18.8. The van der Waals surface area contributed by atoms with Gasteiger partial charge in [0.1, 0.15) is 11.9 Å². The number of carbonyl (C=O) groups excluding carboxylic acids is 1. The molecule has 126 valence electrons. The Morgan fingerprint density at radius 3 is 2.57 bits per heavy atom. The zero-order valence-electron chi connectivity index (χ0n) is 13.4. The SMILES string of the molecule is NC[C@H]1CC[C@@H](C(=O)NCC2(c3ccc(F)cc3)CCCC2)O1. The second-order valence-corrected chi connectivity index (χ2v) is 6.77. The van der Waals surface area contributed by atoms with E-state index < -0.39 is 0 Å². The minimum atomic E-state index is -0.379. The number of nitrogens with two attached hydrogens (primary N) is 1. The molecule has 2 atom stereocenters. The molecule has 0 spiro atoms. The van der Waals surface area contributed by atoms with Gasteiger partial charge in [-0.2, -0.15) is 0 Å². The van der Waals surface area contributed by atoms with Crippen LogP contribution in [0.4, 0.5) is 4.39 Å². The van der Waals surface area contributed by atoms with Gasteiger partial charge in [-0.05, 0) is 43.4 Å². The van der Waals surface area contributed by atoms with Crippen LogP contribution >= 0.6 is 0 Å². The molecule has 1 aromatic rings. The van der Waals surface area contributed by atoms with Crippen molar-refractivity contribution in [3.63, 3.8) is 0 Å². The highest BCUT2D eigenvalue weighted by Gasteiger charge is 2.37. The van der Waals surface area contributed by atoms with E-state index >= 15 is 0 Å². The number of carbonyl (C=O) groups is 1. The molecule has 1 saturated heterocycles. The molecule has 1 aliphatic heterocycles. The van der Waals surface area contributed by atoms with Crippen LogP contribution in [-0.2, 0) is 14.9 Å². The largest absolute Gasteiger partial charge is 0.364 e. The van der Waals surface area contributed by atoms with E-state index in [9.17, 15) is 9.18 Å². The summed E-state index contributed by atoms with van der Waals surface area (Å²) in [5.74, 6) is -0.271. The summed E-state index contributed by atoms with van der Waals surface area (Å²) in [4.78, 5) is 12.4. The Morgan fingerprint density at radius 2 is 1.96 bits per heavy atom. The van der Waals surface area contributed by atoms with E-state index in [0.29, 0.717) is 13.1 Å². The Labute approximate surface area is 136 Å². The lowest BCUT2D eigenvalue weighted by molar-refractivity contribution is -0.132. The highest BCUT2D eigenvalue weighted by Crippen LogP contribution is 2.40. The molecule has 0 bridgehead atoms. The molecule has 1 aromatic carbocycles. The summed E-state index contributed by atoms with van der Waals surface area (Å²) in [6.45, 7) is 1.05. The van der Waals surface area contributed by atoms with E-state index in [1.54, 1.807) is 0 Å². The fourth-order valence-electron chi connectivity index (χ4n) is 3.86. The second-order valence-electron chi connectivity index (χ2n) is 6.77. The van der Waals surface area contributed by atoms with Crippen molar-refractivity contribution in [2.75, 3.05) is 13.1 Å². The molecule has 1 saturated carbocycles. The Kier molecular flexibility index (Phi) is 4.97. The standard InChI is InChI=1S/C18H25FN2O2/c19-14-5-3-13(4-6-14)18(9-1-2-10-18)12-21-17(22)16-8-7-15(11-20)23-16/h3-6,15-16H,1-2,7-12,20H2,(H,21,22)/t15-,16+/m1/s1. The quantitative estimate of drug-likeness (QED) is 0.875. The molecule has 0 aromatic heterocycles. The third-order valence-electron chi connectivity index (χ3n) is 5.28. The maximum Gasteiger partial charge on any atom is 0.249 e. The second kappa shape index (κ2) is 6.97. The van der Waals surface area contributed by atoms with Crippen molar-refractivity contribution in [3.05, 3.63) is 35.6 Å². The third-order valence-corrected chi connectivity index (χ3v) is 5.28. The van der Waals surface area contributed by atoms with E-state index in [1.165, 1.54) is 12.1 Å². The molecule has 23 heavy (non-hydrogen) atoms. The molecule has 2 fully saturated rings. The first-order valence-electron chi connectivity index (χ1n) is 8.52.